The molecular formula is C23H21FN2O5S2. The maximum Gasteiger partial charge on any atom is 0.226 e. The number of thiazole rings is 1. The van der Waals surface area contributed by atoms with Crippen LogP contribution in [0.3, 0.4) is 0 Å². The van der Waals surface area contributed by atoms with Gasteiger partial charge in [-0.05, 0) is 61.9 Å². The number of furan rings is 1. The molecule has 172 valence electrons. The van der Waals surface area contributed by atoms with Crippen molar-refractivity contribution in [1.29, 1.82) is 0 Å². The van der Waals surface area contributed by atoms with Gasteiger partial charge in [-0.15, -0.1) is 11.3 Å². The molecule has 0 unspecified atom stereocenters. The molecule has 2 aromatic carbocycles. The standard InChI is InChI=1S/C23H21FN2O5S2/c1-2-30-17-7-10-20-15(12-17)13-21(31-20)19-14-32-23(25-19)26-22(27)4-3-11-33(28,29)18-8-5-16(24)6-9-18/h5-10,12-14H,2-4,11H2,1H3,(H,25,26,27). The largest absolute Gasteiger partial charge is 0.494 e. The van der Waals surface area contributed by atoms with Gasteiger partial charge in [0.2, 0.25) is 5.91 Å². The number of carbonyl (C=O) groups is 1. The van der Waals surface area contributed by atoms with Crippen LogP contribution in [-0.2, 0) is 14.6 Å². The fourth-order valence-corrected chi connectivity index (χ4v) is 5.24. The molecule has 0 spiro atoms. The lowest BCUT2D eigenvalue weighted by Crippen LogP contribution is -2.14. The van der Waals surface area contributed by atoms with Gasteiger partial charge in [-0.3, -0.25) is 4.79 Å². The summed E-state index contributed by atoms with van der Waals surface area (Å²) in [6, 6.07) is 12.1. The molecule has 10 heteroatoms. The Hall–Kier alpha value is -3.24. The second-order valence-electron chi connectivity index (χ2n) is 7.21. The van der Waals surface area contributed by atoms with Crippen LogP contribution in [0.2, 0.25) is 0 Å². The third-order valence-electron chi connectivity index (χ3n) is 4.79. The Bertz CT molecular complexity index is 1380. The molecule has 0 saturated carbocycles. The van der Waals surface area contributed by atoms with Crippen molar-refractivity contribution in [2.45, 2.75) is 24.7 Å². The maximum absolute atomic E-state index is 13.0. The molecule has 7 nitrogen and oxygen atoms in total. The van der Waals surface area contributed by atoms with Crippen LogP contribution in [-0.4, -0.2) is 31.7 Å². The molecule has 0 bridgehead atoms. The number of nitrogens with one attached hydrogen (secondary N) is 1. The van der Waals surface area contributed by atoms with Crippen LogP contribution in [0.5, 0.6) is 5.75 Å². The van der Waals surface area contributed by atoms with Gasteiger partial charge < -0.3 is 14.5 Å². The predicted octanol–water partition coefficient (Wildman–Crippen LogP) is 5.29. The fraction of sp³-hybridized carbons (Fsp3) is 0.217. The van der Waals surface area contributed by atoms with E-state index in [2.05, 4.69) is 10.3 Å². The van der Waals surface area contributed by atoms with Gasteiger partial charge >= 0.3 is 0 Å². The topological polar surface area (TPSA) is 98.5 Å². The summed E-state index contributed by atoms with van der Waals surface area (Å²) in [6.45, 7) is 2.49. The summed E-state index contributed by atoms with van der Waals surface area (Å²) in [5.74, 6) is 0.272. The molecule has 2 heterocycles. The van der Waals surface area contributed by atoms with E-state index < -0.39 is 15.7 Å². The highest BCUT2D eigenvalue weighted by molar-refractivity contribution is 7.91. The Morgan fingerprint density at radius 1 is 1.18 bits per heavy atom. The summed E-state index contributed by atoms with van der Waals surface area (Å²) in [5.41, 5.74) is 1.29. The zero-order valence-corrected chi connectivity index (χ0v) is 19.3. The van der Waals surface area contributed by atoms with Crippen LogP contribution in [0.4, 0.5) is 9.52 Å². The van der Waals surface area contributed by atoms with E-state index in [9.17, 15) is 17.6 Å². The quantitative estimate of drug-likeness (QED) is 0.322. The summed E-state index contributed by atoms with van der Waals surface area (Å²) in [6.07, 6.45) is 0.149. The van der Waals surface area contributed by atoms with E-state index >= 15 is 0 Å². The summed E-state index contributed by atoms with van der Waals surface area (Å²) >= 11 is 1.25. The number of halogens is 1. The lowest BCUT2D eigenvalue weighted by atomic mass is 10.2. The summed E-state index contributed by atoms with van der Waals surface area (Å²) < 4.78 is 48.9. The fourth-order valence-electron chi connectivity index (χ4n) is 3.21. The summed E-state index contributed by atoms with van der Waals surface area (Å²) in [7, 11) is -3.58. The number of carbonyl (C=O) groups excluding carboxylic acids is 1. The highest BCUT2D eigenvalue weighted by Crippen LogP contribution is 2.32. The van der Waals surface area contributed by atoms with Crippen LogP contribution < -0.4 is 10.1 Å². The van der Waals surface area contributed by atoms with Gasteiger partial charge in [0.25, 0.3) is 0 Å². The van der Waals surface area contributed by atoms with Crippen LogP contribution in [0.15, 0.2) is 63.2 Å². The number of nitrogens with zero attached hydrogens (tertiary/aromatic N) is 1. The van der Waals surface area contributed by atoms with Gasteiger partial charge in [0, 0.05) is 17.2 Å². The van der Waals surface area contributed by atoms with Gasteiger partial charge in [0.15, 0.2) is 20.7 Å². The number of fused-ring (bicyclic) bond motifs is 1. The van der Waals surface area contributed by atoms with Gasteiger partial charge in [0.05, 0.1) is 17.3 Å². The summed E-state index contributed by atoms with van der Waals surface area (Å²) in [5, 5.41) is 5.74. The maximum atomic E-state index is 13.0. The van der Waals surface area contributed by atoms with Crippen molar-refractivity contribution in [3.8, 4) is 17.2 Å². The van der Waals surface area contributed by atoms with E-state index in [1.54, 1.807) is 5.38 Å². The van der Waals surface area contributed by atoms with Crippen LogP contribution in [0, 0.1) is 5.82 Å². The minimum absolute atomic E-state index is 0.0141. The molecule has 0 radical (unpaired) electrons. The number of hydrogen-bond acceptors (Lipinski definition) is 7. The van der Waals surface area contributed by atoms with E-state index in [1.807, 2.05) is 31.2 Å². The van der Waals surface area contributed by atoms with Crippen molar-refractivity contribution in [2.75, 3.05) is 17.7 Å². The third-order valence-corrected chi connectivity index (χ3v) is 7.37. The SMILES string of the molecule is CCOc1ccc2oc(-c3csc(NC(=O)CCCS(=O)(=O)c4ccc(F)cc4)n3)cc2c1. The predicted molar refractivity (Wildman–Crippen MR) is 125 cm³/mol. The normalized spacial score (nSPS) is 11.6. The zero-order valence-electron chi connectivity index (χ0n) is 17.7. The molecule has 0 saturated heterocycles. The molecule has 0 aliphatic heterocycles. The molecular weight excluding hydrogens is 467 g/mol. The Morgan fingerprint density at radius 2 is 1.97 bits per heavy atom. The highest BCUT2D eigenvalue weighted by Gasteiger charge is 2.16. The molecule has 0 aliphatic carbocycles. The smallest absolute Gasteiger partial charge is 0.226 e. The Kier molecular flexibility index (Phi) is 6.75. The second-order valence-corrected chi connectivity index (χ2v) is 10.2. The third kappa shape index (κ3) is 5.58. The molecule has 4 rings (SSSR count). The first-order valence-electron chi connectivity index (χ1n) is 10.2. The number of aromatic nitrogens is 1. The van der Waals surface area contributed by atoms with Gasteiger partial charge in [-0.2, -0.15) is 0 Å². The number of anilines is 1. The van der Waals surface area contributed by atoms with Crippen molar-refractivity contribution < 1.29 is 26.8 Å². The average molecular weight is 489 g/mol. The van der Waals surface area contributed by atoms with Crippen LogP contribution >= 0.6 is 11.3 Å². The molecule has 2 aromatic heterocycles. The Balaban J connectivity index is 1.34. The number of rotatable bonds is 9. The van der Waals surface area contributed by atoms with E-state index in [1.165, 1.54) is 23.5 Å². The first-order chi connectivity index (χ1) is 15.8. The highest BCUT2D eigenvalue weighted by atomic mass is 32.2. The van der Waals surface area contributed by atoms with Crippen LogP contribution in [0.25, 0.3) is 22.4 Å². The minimum atomic E-state index is -3.58. The molecule has 0 aliphatic rings. The van der Waals surface area contributed by atoms with E-state index in [0.717, 1.165) is 23.3 Å². The Morgan fingerprint density at radius 3 is 2.73 bits per heavy atom. The van der Waals surface area contributed by atoms with Crippen molar-refractivity contribution >= 4 is 43.2 Å². The minimum Gasteiger partial charge on any atom is -0.494 e. The molecule has 33 heavy (non-hydrogen) atoms. The molecule has 4 aromatic rings. The van der Waals surface area contributed by atoms with Crippen molar-refractivity contribution in [2.24, 2.45) is 0 Å². The number of amides is 1. The first-order valence-corrected chi connectivity index (χ1v) is 12.8. The lowest BCUT2D eigenvalue weighted by Gasteiger charge is -2.04. The Labute approximate surface area is 194 Å². The summed E-state index contributed by atoms with van der Waals surface area (Å²) in [4.78, 5) is 16.7. The average Bonchev–Trinajstić information content (AvgIpc) is 3.40. The zero-order chi connectivity index (χ0) is 23.4. The van der Waals surface area contributed by atoms with Crippen LogP contribution in [0.1, 0.15) is 19.8 Å². The first kappa shape index (κ1) is 22.9. The van der Waals surface area contributed by atoms with Crippen molar-refractivity contribution in [3.05, 3.63) is 59.7 Å². The van der Waals surface area contributed by atoms with Crippen molar-refractivity contribution in [1.82, 2.24) is 4.98 Å². The van der Waals surface area contributed by atoms with Crippen molar-refractivity contribution in [3.63, 3.8) is 0 Å². The van der Waals surface area contributed by atoms with E-state index in [4.69, 9.17) is 9.15 Å². The molecule has 1 amide bonds. The second kappa shape index (κ2) is 9.72. The number of sulfone groups is 1. The van der Waals surface area contributed by atoms with Gasteiger partial charge in [0.1, 0.15) is 22.8 Å². The van der Waals surface area contributed by atoms with Gasteiger partial charge in [-0.25, -0.2) is 17.8 Å². The lowest BCUT2D eigenvalue weighted by molar-refractivity contribution is -0.116. The van der Waals surface area contributed by atoms with Gasteiger partial charge in [-0.1, -0.05) is 0 Å². The number of ether oxygens (including phenoxy) is 1. The van der Waals surface area contributed by atoms with E-state index in [-0.39, 0.29) is 29.4 Å². The molecule has 0 atom stereocenters. The molecule has 1 N–H and O–H groups in total. The van der Waals surface area contributed by atoms with E-state index in [0.29, 0.717) is 28.8 Å². The molecule has 0 fully saturated rings. The number of hydrogen-bond donors (Lipinski definition) is 1. The number of benzene rings is 2. The monoisotopic (exact) mass is 488 g/mol.